The number of aliphatic hydroxyl groups is 1. The molecule has 3 unspecified atom stereocenters. The highest BCUT2D eigenvalue weighted by Crippen LogP contribution is 2.45. The lowest BCUT2D eigenvalue weighted by atomic mass is 9.99. The quantitative estimate of drug-likeness (QED) is 0.0222. The molecule has 0 spiro atoms. The lowest BCUT2D eigenvalue weighted by Gasteiger charge is -2.21. The van der Waals surface area contributed by atoms with Gasteiger partial charge in [-0.25, -0.2) is 9.13 Å². The molecule has 103 heavy (non-hydrogen) atoms. The van der Waals surface area contributed by atoms with Crippen LogP contribution in [0.25, 0.3) is 0 Å². The van der Waals surface area contributed by atoms with Crippen molar-refractivity contribution in [2.24, 2.45) is 5.92 Å². The van der Waals surface area contributed by atoms with Gasteiger partial charge in [0.1, 0.15) is 19.3 Å². The Kier molecular flexibility index (Phi) is 75.4. The fourth-order valence-electron chi connectivity index (χ4n) is 13.1. The molecule has 0 aromatic heterocycles. The number of carbonyl (C=O) groups is 4. The van der Waals surface area contributed by atoms with Gasteiger partial charge in [0.15, 0.2) is 12.2 Å². The number of ether oxygens (including phenoxy) is 4. The summed E-state index contributed by atoms with van der Waals surface area (Å²) in [6.45, 7) is 7.39. The summed E-state index contributed by atoms with van der Waals surface area (Å²) >= 11 is 0. The lowest BCUT2D eigenvalue weighted by molar-refractivity contribution is -0.161. The summed E-state index contributed by atoms with van der Waals surface area (Å²) in [5.74, 6) is -1.23. The van der Waals surface area contributed by atoms with Crippen LogP contribution >= 0.6 is 15.6 Å². The summed E-state index contributed by atoms with van der Waals surface area (Å²) in [6, 6.07) is 0. The van der Waals surface area contributed by atoms with Crippen LogP contribution in [0, 0.1) is 5.92 Å². The van der Waals surface area contributed by atoms with Crippen molar-refractivity contribution >= 4 is 39.5 Å². The van der Waals surface area contributed by atoms with Gasteiger partial charge >= 0.3 is 39.5 Å². The Labute approximate surface area is 632 Å². The van der Waals surface area contributed by atoms with Crippen molar-refractivity contribution in [2.75, 3.05) is 39.6 Å². The predicted octanol–water partition coefficient (Wildman–Crippen LogP) is 25.6. The zero-order valence-electron chi connectivity index (χ0n) is 67.5. The molecule has 0 bridgehead atoms. The van der Waals surface area contributed by atoms with Gasteiger partial charge in [-0.2, -0.15) is 0 Å². The normalized spacial score (nSPS) is 14.1. The minimum atomic E-state index is -4.96. The van der Waals surface area contributed by atoms with Crippen LogP contribution in [0.2, 0.25) is 0 Å². The molecule has 0 saturated heterocycles. The van der Waals surface area contributed by atoms with Crippen LogP contribution in [0.4, 0.5) is 0 Å². The second-order valence-electron chi connectivity index (χ2n) is 30.5. The van der Waals surface area contributed by atoms with Crippen LogP contribution in [0.15, 0.2) is 0 Å². The summed E-state index contributed by atoms with van der Waals surface area (Å²) in [5, 5.41) is 10.6. The standard InChI is InChI=1S/C84H164O17P2/c1-6-10-13-16-19-22-24-26-27-28-29-30-34-37-40-44-48-53-58-63-68-82(87)95-74-80(101-84(89)70-65-60-55-50-45-41-38-35-32-31-33-36-39-42-47-51-56-61-66-77(5)9-4)76-99-103(92,93)97-72-78(85)71-96-102(90,91)98-75-79(73-94-81(86)67-62-57-52-46-21-18-15-12-8-3)100-83(88)69-64-59-54-49-43-25-23-20-17-14-11-7-2/h77-80,85H,6-76H2,1-5H3,(H,90,91)(H,92,93)/t77?,78-,79+,80+/m0/s1. The number of aliphatic hydroxyl groups excluding tert-OH is 1. The van der Waals surface area contributed by atoms with Crippen LogP contribution in [0.1, 0.15) is 452 Å². The molecule has 0 heterocycles. The Morgan fingerprint density at radius 1 is 0.272 bits per heavy atom. The molecule has 612 valence electrons. The average molecular weight is 1510 g/mol. The number of phosphoric acid groups is 2. The molecule has 17 nitrogen and oxygen atoms in total. The topological polar surface area (TPSA) is 237 Å². The van der Waals surface area contributed by atoms with E-state index in [-0.39, 0.29) is 25.7 Å². The van der Waals surface area contributed by atoms with Crippen molar-refractivity contribution in [3.8, 4) is 0 Å². The van der Waals surface area contributed by atoms with Gasteiger partial charge in [0, 0.05) is 25.7 Å². The van der Waals surface area contributed by atoms with Gasteiger partial charge < -0.3 is 33.8 Å². The molecule has 0 aliphatic carbocycles. The van der Waals surface area contributed by atoms with E-state index in [2.05, 4.69) is 34.6 Å². The number of hydrogen-bond donors (Lipinski definition) is 3. The lowest BCUT2D eigenvalue weighted by Crippen LogP contribution is -2.30. The predicted molar refractivity (Wildman–Crippen MR) is 423 cm³/mol. The van der Waals surface area contributed by atoms with E-state index in [0.29, 0.717) is 25.7 Å². The number of rotatable bonds is 84. The van der Waals surface area contributed by atoms with Crippen molar-refractivity contribution in [1.82, 2.24) is 0 Å². The van der Waals surface area contributed by atoms with Crippen LogP contribution in [0.3, 0.4) is 0 Å². The molecule has 0 fully saturated rings. The van der Waals surface area contributed by atoms with Crippen LogP contribution < -0.4 is 0 Å². The largest absolute Gasteiger partial charge is 0.472 e. The number of phosphoric ester groups is 2. The third kappa shape index (κ3) is 76.6. The molecule has 0 rings (SSSR count). The third-order valence-corrected chi connectivity index (χ3v) is 22.0. The summed E-state index contributed by atoms with van der Waals surface area (Å²) in [6.07, 6.45) is 69.5. The fraction of sp³-hybridized carbons (Fsp3) is 0.952. The molecule has 6 atom stereocenters. The zero-order chi connectivity index (χ0) is 75.5. The minimum absolute atomic E-state index is 0.108. The number of unbranched alkanes of at least 4 members (excludes halogenated alkanes) is 55. The number of hydrogen-bond acceptors (Lipinski definition) is 15. The Morgan fingerprint density at radius 3 is 0.689 bits per heavy atom. The molecule has 0 aliphatic rings. The average Bonchev–Trinajstić information content (AvgIpc) is 0.929. The zero-order valence-corrected chi connectivity index (χ0v) is 69.3. The smallest absolute Gasteiger partial charge is 0.462 e. The molecule has 0 aromatic carbocycles. The van der Waals surface area contributed by atoms with Gasteiger partial charge in [0.2, 0.25) is 0 Å². The first-order valence-electron chi connectivity index (χ1n) is 43.7. The molecule has 19 heteroatoms. The van der Waals surface area contributed by atoms with Crippen LogP contribution in [0.5, 0.6) is 0 Å². The Bertz CT molecular complexity index is 1960. The van der Waals surface area contributed by atoms with E-state index >= 15 is 0 Å². The van der Waals surface area contributed by atoms with Crippen LogP contribution in [-0.4, -0.2) is 96.7 Å². The number of esters is 4. The molecule has 0 aromatic rings. The van der Waals surface area contributed by atoms with Gasteiger partial charge in [-0.05, 0) is 31.6 Å². The van der Waals surface area contributed by atoms with Crippen molar-refractivity contribution in [1.29, 1.82) is 0 Å². The van der Waals surface area contributed by atoms with Crippen LogP contribution in [-0.2, 0) is 65.4 Å². The van der Waals surface area contributed by atoms with E-state index in [1.807, 2.05) is 0 Å². The van der Waals surface area contributed by atoms with Gasteiger partial charge in [-0.1, -0.05) is 401 Å². The van der Waals surface area contributed by atoms with Gasteiger partial charge in [-0.15, -0.1) is 0 Å². The number of carbonyl (C=O) groups excluding carboxylic acids is 4. The first-order chi connectivity index (χ1) is 50.1. The Balaban J connectivity index is 5.18. The Morgan fingerprint density at radius 2 is 0.466 bits per heavy atom. The highest BCUT2D eigenvalue weighted by atomic mass is 31.2. The summed E-state index contributed by atoms with van der Waals surface area (Å²) < 4.78 is 68.7. The van der Waals surface area contributed by atoms with Crippen molar-refractivity contribution in [3.63, 3.8) is 0 Å². The van der Waals surface area contributed by atoms with E-state index in [9.17, 15) is 43.2 Å². The second kappa shape index (κ2) is 76.8. The SMILES string of the molecule is CCCCCCCCCCCCCCCCCCCCCCC(=O)OC[C@H](COP(=O)(O)OC[C@@H](O)COP(=O)(O)OC[C@@H](COC(=O)CCCCCCCCCCC)OC(=O)CCCCCCCCCCCCCC)OC(=O)CCCCCCCCCCCCCCCCCCCCC(C)CC. The van der Waals surface area contributed by atoms with Gasteiger partial charge in [0.05, 0.1) is 26.4 Å². The molecule has 0 radical (unpaired) electrons. The first kappa shape index (κ1) is 101. The molecule has 0 aliphatic heterocycles. The highest BCUT2D eigenvalue weighted by molar-refractivity contribution is 7.47. The third-order valence-electron chi connectivity index (χ3n) is 20.1. The first-order valence-corrected chi connectivity index (χ1v) is 46.7. The second-order valence-corrected chi connectivity index (χ2v) is 33.4. The minimum Gasteiger partial charge on any atom is -0.462 e. The van der Waals surface area contributed by atoms with Crippen molar-refractivity contribution in [3.05, 3.63) is 0 Å². The molecular weight excluding hydrogens is 1340 g/mol. The van der Waals surface area contributed by atoms with E-state index < -0.39 is 97.5 Å². The van der Waals surface area contributed by atoms with E-state index in [1.54, 1.807) is 0 Å². The Hall–Kier alpha value is -1.94. The monoisotopic (exact) mass is 1510 g/mol. The van der Waals surface area contributed by atoms with Crippen molar-refractivity contribution in [2.45, 2.75) is 470 Å². The van der Waals surface area contributed by atoms with Gasteiger partial charge in [0.25, 0.3) is 0 Å². The van der Waals surface area contributed by atoms with Gasteiger partial charge in [-0.3, -0.25) is 37.3 Å². The summed E-state index contributed by atoms with van der Waals surface area (Å²) in [4.78, 5) is 73.0. The highest BCUT2D eigenvalue weighted by Gasteiger charge is 2.30. The van der Waals surface area contributed by atoms with E-state index in [0.717, 1.165) is 95.8 Å². The molecule has 0 amide bonds. The molecule has 3 N–H and O–H groups in total. The molecule has 0 saturated carbocycles. The maximum Gasteiger partial charge on any atom is 0.472 e. The maximum absolute atomic E-state index is 13.1. The molecular formula is C84H164O17P2. The fourth-order valence-corrected chi connectivity index (χ4v) is 14.7. The van der Waals surface area contributed by atoms with E-state index in [4.69, 9.17) is 37.0 Å². The summed E-state index contributed by atoms with van der Waals surface area (Å²) in [7, 11) is -9.92. The van der Waals surface area contributed by atoms with E-state index in [1.165, 1.54) is 276 Å². The van der Waals surface area contributed by atoms with Crippen molar-refractivity contribution < 1.29 is 80.2 Å². The summed E-state index contributed by atoms with van der Waals surface area (Å²) in [5.41, 5.74) is 0. The maximum atomic E-state index is 13.1.